The molecule has 0 spiro atoms. The van der Waals surface area contributed by atoms with Crippen LogP contribution < -0.4 is 24.4 Å². The molecule has 1 N–H and O–H groups in total. The summed E-state index contributed by atoms with van der Waals surface area (Å²) in [4.78, 5) is 39.6. The molecule has 0 radical (unpaired) electrons. The van der Waals surface area contributed by atoms with Gasteiger partial charge in [0.2, 0.25) is 0 Å². The number of unbranched alkanes of at least 4 members (excludes halogenated alkanes) is 1. The average Bonchev–Trinajstić information content (AvgIpc) is 2.92. The Kier molecular flexibility index (Phi) is 9.84. The molecule has 0 bridgehead atoms. The molecule has 0 aromatic heterocycles. The highest BCUT2D eigenvalue weighted by Gasteiger charge is 2.37. The summed E-state index contributed by atoms with van der Waals surface area (Å²) in [6, 6.07) is 16.4. The largest absolute Gasteiger partial charge is 0.494 e. The van der Waals surface area contributed by atoms with Crippen LogP contribution in [-0.4, -0.2) is 31.1 Å². The highest BCUT2D eigenvalue weighted by atomic mass is 79.9. The minimum Gasteiger partial charge on any atom is -0.494 e. The lowest BCUT2D eigenvalue weighted by Gasteiger charge is -2.26. The molecule has 1 aliphatic rings. The number of amides is 4. The predicted octanol–water partition coefficient (Wildman–Crippen LogP) is 6.93. The summed E-state index contributed by atoms with van der Waals surface area (Å²) in [5.41, 5.74) is 1.48. The van der Waals surface area contributed by atoms with Gasteiger partial charge in [0.25, 0.3) is 11.8 Å². The molecule has 3 aromatic carbocycles. The van der Waals surface area contributed by atoms with Gasteiger partial charge in [-0.05, 0) is 95.0 Å². The van der Waals surface area contributed by atoms with Crippen molar-refractivity contribution in [3.05, 3.63) is 86.9 Å². The van der Waals surface area contributed by atoms with Gasteiger partial charge in [0.1, 0.15) is 17.9 Å². The Morgan fingerprint density at radius 2 is 1.75 bits per heavy atom. The van der Waals surface area contributed by atoms with E-state index in [0.29, 0.717) is 51.2 Å². The second kappa shape index (κ2) is 13.5. The van der Waals surface area contributed by atoms with Crippen LogP contribution in [0.5, 0.6) is 17.2 Å². The van der Waals surface area contributed by atoms with Crippen LogP contribution in [0.1, 0.15) is 37.8 Å². The van der Waals surface area contributed by atoms with Gasteiger partial charge in [-0.15, -0.1) is 0 Å². The molecule has 4 amide bonds. The number of barbiturate groups is 1. The van der Waals surface area contributed by atoms with Crippen molar-refractivity contribution in [2.45, 2.75) is 33.3 Å². The maximum absolute atomic E-state index is 13.4. The number of carbonyl (C=O) groups is 3. The van der Waals surface area contributed by atoms with Crippen molar-refractivity contribution in [2.75, 3.05) is 18.1 Å². The number of rotatable bonds is 11. The molecule has 0 saturated carbocycles. The van der Waals surface area contributed by atoms with Gasteiger partial charge in [-0.2, -0.15) is 0 Å². The molecular formula is C30H28BrClN2O6. The topological polar surface area (TPSA) is 94.2 Å². The molecule has 8 nitrogen and oxygen atoms in total. The van der Waals surface area contributed by atoms with E-state index in [1.165, 1.54) is 6.08 Å². The lowest BCUT2D eigenvalue weighted by Crippen LogP contribution is -2.54. The van der Waals surface area contributed by atoms with Crippen LogP contribution in [0.3, 0.4) is 0 Å². The van der Waals surface area contributed by atoms with Crippen molar-refractivity contribution >= 4 is 57.1 Å². The van der Waals surface area contributed by atoms with Crippen molar-refractivity contribution in [1.82, 2.24) is 5.32 Å². The number of nitrogens with zero attached hydrogens (tertiary/aromatic N) is 1. The fourth-order valence-corrected chi connectivity index (χ4v) is 4.73. The van der Waals surface area contributed by atoms with Gasteiger partial charge in [0.15, 0.2) is 11.5 Å². The molecule has 1 fully saturated rings. The highest BCUT2D eigenvalue weighted by Crippen LogP contribution is 2.38. The van der Waals surface area contributed by atoms with Crippen molar-refractivity contribution in [1.29, 1.82) is 0 Å². The number of hydrogen-bond acceptors (Lipinski definition) is 6. The van der Waals surface area contributed by atoms with Gasteiger partial charge in [-0.25, -0.2) is 9.69 Å². The zero-order valence-electron chi connectivity index (χ0n) is 22.0. The SMILES string of the molecule is CCCCOc1ccc(N2C(=O)NC(=O)/C(=C/c3cc(Br)c(OCc4cccc(Cl)c4)c(OCC)c3)C2=O)cc1. The summed E-state index contributed by atoms with van der Waals surface area (Å²) in [5, 5.41) is 2.85. The van der Waals surface area contributed by atoms with Crippen LogP contribution in [0.15, 0.2) is 70.7 Å². The summed E-state index contributed by atoms with van der Waals surface area (Å²) < 4.78 is 18.0. The fraction of sp³-hybridized carbons (Fsp3) is 0.233. The molecular weight excluding hydrogens is 600 g/mol. The molecule has 40 heavy (non-hydrogen) atoms. The van der Waals surface area contributed by atoms with Gasteiger partial charge in [-0.3, -0.25) is 14.9 Å². The lowest BCUT2D eigenvalue weighted by molar-refractivity contribution is -0.122. The summed E-state index contributed by atoms with van der Waals surface area (Å²) in [7, 11) is 0. The van der Waals surface area contributed by atoms with E-state index in [1.54, 1.807) is 42.5 Å². The van der Waals surface area contributed by atoms with E-state index in [-0.39, 0.29) is 12.2 Å². The Hall–Kier alpha value is -3.82. The average molecular weight is 628 g/mol. The second-order valence-electron chi connectivity index (χ2n) is 8.84. The molecule has 208 valence electrons. The fourth-order valence-electron chi connectivity index (χ4n) is 3.94. The normalized spacial score (nSPS) is 14.3. The Labute approximate surface area is 246 Å². The molecule has 1 aliphatic heterocycles. The highest BCUT2D eigenvalue weighted by molar-refractivity contribution is 9.10. The number of benzene rings is 3. The third-order valence-electron chi connectivity index (χ3n) is 5.88. The number of urea groups is 1. The number of carbonyl (C=O) groups excluding carboxylic acids is 3. The van der Waals surface area contributed by atoms with E-state index in [2.05, 4.69) is 28.2 Å². The molecule has 1 heterocycles. The molecule has 1 saturated heterocycles. The first-order valence-electron chi connectivity index (χ1n) is 12.8. The lowest BCUT2D eigenvalue weighted by atomic mass is 10.1. The van der Waals surface area contributed by atoms with Gasteiger partial charge in [0, 0.05) is 5.02 Å². The second-order valence-corrected chi connectivity index (χ2v) is 10.1. The van der Waals surface area contributed by atoms with Crippen LogP contribution >= 0.6 is 27.5 Å². The standard InChI is InChI=1S/C30H28BrClN2O6/c1-3-5-13-39-23-11-9-22(10-12-23)34-29(36)24(28(35)33-30(34)37)15-20-16-25(31)27(26(17-20)38-4-2)40-18-19-7-6-8-21(32)14-19/h6-12,14-17H,3-5,13,18H2,1-2H3,(H,33,35,37)/b24-15-. The van der Waals surface area contributed by atoms with Gasteiger partial charge in [-0.1, -0.05) is 37.1 Å². The minimum absolute atomic E-state index is 0.204. The number of halogens is 2. The number of ether oxygens (including phenoxy) is 3. The molecule has 0 atom stereocenters. The number of nitrogens with one attached hydrogen (secondary N) is 1. The molecule has 0 unspecified atom stereocenters. The van der Waals surface area contributed by atoms with Crippen molar-refractivity contribution < 1.29 is 28.6 Å². The number of anilines is 1. The zero-order valence-corrected chi connectivity index (χ0v) is 24.4. The van der Waals surface area contributed by atoms with Crippen LogP contribution in [-0.2, 0) is 16.2 Å². The van der Waals surface area contributed by atoms with Gasteiger partial charge in [0.05, 0.1) is 23.4 Å². The third kappa shape index (κ3) is 7.03. The van der Waals surface area contributed by atoms with E-state index in [0.717, 1.165) is 23.3 Å². The Bertz CT molecular complexity index is 1440. The summed E-state index contributed by atoms with van der Waals surface area (Å²) in [5.74, 6) is -0.0350. The monoisotopic (exact) mass is 626 g/mol. The predicted molar refractivity (Wildman–Crippen MR) is 157 cm³/mol. The van der Waals surface area contributed by atoms with Gasteiger partial charge < -0.3 is 14.2 Å². The number of hydrogen-bond donors (Lipinski definition) is 1. The van der Waals surface area contributed by atoms with Crippen LogP contribution in [0.25, 0.3) is 6.08 Å². The van der Waals surface area contributed by atoms with Crippen molar-refractivity contribution in [3.63, 3.8) is 0 Å². The van der Waals surface area contributed by atoms with Crippen molar-refractivity contribution in [3.8, 4) is 17.2 Å². The van der Waals surface area contributed by atoms with E-state index in [4.69, 9.17) is 25.8 Å². The summed E-state index contributed by atoms with van der Waals surface area (Å²) >= 11 is 9.59. The van der Waals surface area contributed by atoms with E-state index >= 15 is 0 Å². The van der Waals surface area contributed by atoms with Crippen LogP contribution in [0.4, 0.5) is 10.5 Å². The first-order valence-corrected chi connectivity index (χ1v) is 14.0. The zero-order chi connectivity index (χ0) is 28.6. The molecule has 3 aromatic rings. The van der Waals surface area contributed by atoms with E-state index in [1.807, 2.05) is 25.1 Å². The number of imide groups is 2. The molecule has 4 rings (SSSR count). The maximum atomic E-state index is 13.4. The smallest absolute Gasteiger partial charge is 0.335 e. The maximum Gasteiger partial charge on any atom is 0.335 e. The van der Waals surface area contributed by atoms with E-state index in [9.17, 15) is 14.4 Å². The van der Waals surface area contributed by atoms with E-state index < -0.39 is 17.8 Å². The van der Waals surface area contributed by atoms with Crippen LogP contribution in [0.2, 0.25) is 5.02 Å². The van der Waals surface area contributed by atoms with Crippen molar-refractivity contribution in [2.24, 2.45) is 0 Å². The summed E-state index contributed by atoms with van der Waals surface area (Å²) in [6.45, 7) is 5.09. The third-order valence-corrected chi connectivity index (χ3v) is 6.70. The summed E-state index contributed by atoms with van der Waals surface area (Å²) in [6.07, 6.45) is 3.33. The quantitative estimate of drug-likeness (QED) is 0.141. The Morgan fingerprint density at radius 3 is 2.45 bits per heavy atom. The molecule has 0 aliphatic carbocycles. The Balaban J connectivity index is 1.59. The first kappa shape index (κ1) is 29.2. The van der Waals surface area contributed by atoms with Crippen LogP contribution in [0, 0.1) is 0 Å². The Morgan fingerprint density at radius 1 is 0.975 bits per heavy atom. The minimum atomic E-state index is -0.826. The molecule has 10 heteroatoms. The first-order chi connectivity index (χ1) is 19.3. The van der Waals surface area contributed by atoms with Gasteiger partial charge >= 0.3 is 6.03 Å².